The molecule has 0 saturated carbocycles. The smallest absolute Gasteiger partial charge is 0.222 e. The van der Waals surface area contributed by atoms with Crippen molar-refractivity contribution < 1.29 is 0 Å². The second-order valence-corrected chi connectivity index (χ2v) is 5.75. The number of hydrogen-bond donors (Lipinski definition) is 1. The van der Waals surface area contributed by atoms with E-state index in [2.05, 4.69) is 38.5 Å². The molecule has 0 spiro atoms. The number of aromatic nitrogens is 4. The van der Waals surface area contributed by atoms with Crippen molar-refractivity contribution in [2.75, 3.05) is 18.9 Å². The van der Waals surface area contributed by atoms with Crippen molar-refractivity contribution in [2.24, 2.45) is 0 Å². The summed E-state index contributed by atoms with van der Waals surface area (Å²) in [5.41, 5.74) is 3.33. The fourth-order valence-electron chi connectivity index (χ4n) is 2.53. The Balaban J connectivity index is 1.59. The van der Waals surface area contributed by atoms with Crippen LogP contribution in [0.3, 0.4) is 0 Å². The van der Waals surface area contributed by atoms with Crippen LogP contribution < -0.4 is 5.32 Å². The van der Waals surface area contributed by atoms with E-state index in [1.807, 2.05) is 60.5 Å². The Morgan fingerprint density at radius 1 is 1.00 bits per heavy atom. The Hall–Kier alpha value is -2.73. The molecule has 0 atom stereocenters. The van der Waals surface area contributed by atoms with Gasteiger partial charge in [-0.3, -0.25) is 4.90 Å². The van der Waals surface area contributed by atoms with Crippen LogP contribution in [0.1, 0.15) is 18.1 Å². The lowest BCUT2D eigenvalue weighted by atomic mass is 10.3. The molecule has 124 valence electrons. The van der Waals surface area contributed by atoms with Gasteiger partial charge in [0.15, 0.2) is 0 Å². The summed E-state index contributed by atoms with van der Waals surface area (Å²) >= 11 is 0. The van der Waals surface area contributed by atoms with Crippen LogP contribution in [0.15, 0.2) is 55.1 Å². The molecular formula is C18H22N6. The maximum Gasteiger partial charge on any atom is 0.222 e. The summed E-state index contributed by atoms with van der Waals surface area (Å²) in [6.45, 7) is 4.47. The predicted molar refractivity (Wildman–Crippen MR) is 94.9 cm³/mol. The summed E-state index contributed by atoms with van der Waals surface area (Å²) in [6, 6.07) is 10.1. The summed E-state index contributed by atoms with van der Waals surface area (Å²) in [4.78, 5) is 10.8. The van der Waals surface area contributed by atoms with Crippen LogP contribution in [-0.4, -0.2) is 38.2 Å². The lowest BCUT2D eigenvalue weighted by Crippen LogP contribution is -2.17. The Morgan fingerprint density at radius 2 is 1.71 bits per heavy atom. The van der Waals surface area contributed by atoms with Gasteiger partial charge in [0.25, 0.3) is 0 Å². The first-order chi connectivity index (χ1) is 11.7. The molecule has 0 aliphatic rings. The third-order valence-electron chi connectivity index (χ3n) is 3.60. The molecule has 0 fully saturated rings. The van der Waals surface area contributed by atoms with E-state index in [9.17, 15) is 0 Å². The highest BCUT2D eigenvalue weighted by atomic mass is 15.3. The SMILES string of the molecule is CCNc1ncc(CN(C)Cc2cnn(-c3ccccc3)c2)cn1. The molecule has 0 saturated heterocycles. The highest BCUT2D eigenvalue weighted by Gasteiger charge is 2.06. The lowest BCUT2D eigenvalue weighted by Gasteiger charge is -2.15. The quantitative estimate of drug-likeness (QED) is 0.725. The number of nitrogens with zero attached hydrogens (tertiary/aromatic N) is 5. The first kappa shape index (κ1) is 16.1. The second-order valence-electron chi connectivity index (χ2n) is 5.75. The zero-order chi connectivity index (χ0) is 16.8. The number of hydrogen-bond acceptors (Lipinski definition) is 5. The van der Waals surface area contributed by atoms with Gasteiger partial charge in [-0.1, -0.05) is 18.2 Å². The highest BCUT2D eigenvalue weighted by Crippen LogP contribution is 2.11. The molecule has 0 amide bonds. The summed E-state index contributed by atoms with van der Waals surface area (Å²) < 4.78 is 1.90. The minimum Gasteiger partial charge on any atom is -0.355 e. The topological polar surface area (TPSA) is 58.9 Å². The minimum absolute atomic E-state index is 0.674. The molecule has 2 aromatic heterocycles. The van der Waals surface area contributed by atoms with Crippen molar-refractivity contribution in [3.05, 3.63) is 66.2 Å². The molecule has 3 aromatic rings. The van der Waals surface area contributed by atoms with Gasteiger partial charge in [-0.25, -0.2) is 14.6 Å². The number of anilines is 1. The van der Waals surface area contributed by atoms with Crippen LogP contribution in [0.25, 0.3) is 5.69 Å². The maximum absolute atomic E-state index is 4.44. The van der Waals surface area contributed by atoms with Gasteiger partial charge >= 0.3 is 0 Å². The van der Waals surface area contributed by atoms with Crippen LogP contribution >= 0.6 is 0 Å². The lowest BCUT2D eigenvalue weighted by molar-refractivity contribution is 0.318. The van der Waals surface area contributed by atoms with E-state index in [0.29, 0.717) is 5.95 Å². The first-order valence-corrected chi connectivity index (χ1v) is 8.07. The van der Waals surface area contributed by atoms with Gasteiger partial charge in [0.1, 0.15) is 0 Å². The molecule has 24 heavy (non-hydrogen) atoms. The normalized spacial score (nSPS) is 11.0. The third-order valence-corrected chi connectivity index (χ3v) is 3.60. The summed E-state index contributed by atoms with van der Waals surface area (Å²) in [7, 11) is 2.08. The van der Waals surface area contributed by atoms with Gasteiger partial charge < -0.3 is 5.32 Å². The highest BCUT2D eigenvalue weighted by molar-refractivity contribution is 5.31. The number of rotatable bonds is 7. The second kappa shape index (κ2) is 7.70. The van der Waals surface area contributed by atoms with E-state index in [1.165, 1.54) is 5.56 Å². The van der Waals surface area contributed by atoms with Crippen molar-refractivity contribution in [1.82, 2.24) is 24.6 Å². The van der Waals surface area contributed by atoms with Crippen LogP contribution in [0, 0.1) is 0 Å². The predicted octanol–water partition coefficient (Wildman–Crippen LogP) is 2.73. The molecule has 1 aromatic carbocycles. The van der Waals surface area contributed by atoms with Crippen LogP contribution in [0.4, 0.5) is 5.95 Å². The largest absolute Gasteiger partial charge is 0.355 e. The molecule has 3 rings (SSSR count). The fraction of sp³-hybridized carbons (Fsp3) is 0.278. The molecular weight excluding hydrogens is 300 g/mol. The van der Waals surface area contributed by atoms with Gasteiger partial charge in [-0.2, -0.15) is 5.10 Å². The van der Waals surface area contributed by atoms with Gasteiger partial charge in [0.05, 0.1) is 11.9 Å². The van der Waals surface area contributed by atoms with Crippen molar-refractivity contribution in [3.63, 3.8) is 0 Å². The average Bonchev–Trinajstić information content (AvgIpc) is 3.06. The molecule has 6 nitrogen and oxygen atoms in total. The summed E-state index contributed by atoms with van der Waals surface area (Å²) in [5.74, 6) is 0.674. The molecule has 0 unspecified atom stereocenters. The van der Waals surface area contributed by atoms with E-state index in [-0.39, 0.29) is 0 Å². The Bertz CT molecular complexity index is 751. The standard InChI is InChI=1S/C18H22N6/c1-3-19-18-20-9-15(10-21-18)12-23(2)13-16-11-22-24(14-16)17-7-5-4-6-8-17/h4-11,14H,3,12-13H2,1-2H3,(H,19,20,21). The molecule has 1 N–H and O–H groups in total. The number of para-hydroxylation sites is 1. The zero-order valence-corrected chi connectivity index (χ0v) is 14.1. The fourth-order valence-corrected chi connectivity index (χ4v) is 2.53. The van der Waals surface area contributed by atoms with Crippen molar-refractivity contribution >= 4 is 5.95 Å². The van der Waals surface area contributed by atoms with Gasteiger partial charge in [0.2, 0.25) is 5.95 Å². The summed E-state index contributed by atoms with van der Waals surface area (Å²) in [6.07, 6.45) is 7.72. The minimum atomic E-state index is 0.674. The molecule has 0 aliphatic carbocycles. The Morgan fingerprint density at radius 3 is 2.42 bits per heavy atom. The molecule has 2 heterocycles. The molecule has 0 radical (unpaired) electrons. The average molecular weight is 322 g/mol. The van der Waals surface area contributed by atoms with Crippen molar-refractivity contribution in [3.8, 4) is 5.69 Å². The molecule has 0 bridgehead atoms. The maximum atomic E-state index is 4.44. The molecule has 6 heteroatoms. The van der Waals surface area contributed by atoms with E-state index in [0.717, 1.165) is 30.9 Å². The summed E-state index contributed by atoms with van der Waals surface area (Å²) in [5, 5.41) is 7.53. The van der Waals surface area contributed by atoms with Crippen molar-refractivity contribution in [1.29, 1.82) is 0 Å². The van der Waals surface area contributed by atoms with Crippen LogP contribution in [0.2, 0.25) is 0 Å². The Labute approximate surface area is 142 Å². The zero-order valence-electron chi connectivity index (χ0n) is 14.1. The third kappa shape index (κ3) is 4.17. The van der Waals surface area contributed by atoms with Gasteiger partial charge in [0, 0.05) is 49.4 Å². The van der Waals surface area contributed by atoms with Gasteiger partial charge in [-0.15, -0.1) is 0 Å². The van der Waals surface area contributed by atoms with Crippen LogP contribution in [0.5, 0.6) is 0 Å². The number of benzene rings is 1. The first-order valence-electron chi connectivity index (χ1n) is 8.07. The monoisotopic (exact) mass is 322 g/mol. The number of nitrogens with one attached hydrogen (secondary N) is 1. The van der Waals surface area contributed by atoms with E-state index in [4.69, 9.17) is 0 Å². The van der Waals surface area contributed by atoms with E-state index >= 15 is 0 Å². The van der Waals surface area contributed by atoms with E-state index < -0.39 is 0 Å². The van der Waals surface area contributed by atoms with Crippen molar-refractivity contribution in [2.45, 2.75) is 20.0 Å². The van der Waals surface area contributed by atoms with E-state index in [1.54, 1.807) is 0 Å². The Kier molecular flexibility index (Phi) is 5.18. The molecule has 0 aliphatic heterocycles. The van der Waals surface area contributed by atoms with Gasteiger partial charge in [-0.05, 0) is 26.1 Å². The van der Waals surface area contributed by atoms with Crippen LogP contribution in [-0.2, 0) is 13.1 Å².